The minimum absolute atomic E-state index is 0. The largest absolute Gasteiger partial charge is 1.00 e. The molecule has 8 aliphatic heterocycles. The standard InChI is InChI=1S/C63H91I6N10O2.5ClH/c1-6-7-16-47(61(81)75-27-35-79(36-28-75)43-39-77(40-44-79)31-23-71-24-32-77)63(3)53(73(5)51-46-49(65)58(67)60(69)56(51)63)18-13-10-8-9-12-17-52-62(2,55-50(72(52)4)45-48(64)57(66)59(55)68)20-15-11-14-19-54(80)74-25-33-78(34-26-74)41-37-76(38-42-78)29-21-70-22-30-76;;;;;/h8-10,12-13,17-18,45-47,70-71H,6-7,11,14-16,19-44H2,1-5H3;5*1H/q+5;;;;;/p-5. The van der Waals surface area contributed by atoms with Crippen molar-refractivity contribution in [2.45, 2.75) is 83.0 Å². The third-order valence-electron chi connectivity index (χ3n) is 21.5. The number of halogens is 11. The highest BCUT2D eigenvalue weighted by Gasteiger charge is 2.55. The van der Waals surface area contributed by atoms with Crippen LogP contribution in [0, 0.1) is 27.3 Å². The minimum atomic E-state index is -0.494. The zero-order chi connectivity index (χ0) is 57.4. The van der Waals surface area contributed by atoms with Crippen molar-refractivity contribution in [3.8, 4) is 0 Å². The van der Waals surface area contributed by atoms with E-state index in [4.69, 9.17) is 0 Å². The molecule has 6 saturated heterocycles. The summed E-state index contributed by atoms with van der Waals surface area (Å²) >= 11 is 15.3. The van der Waals surface area contributed by atoms with Gasteiger partial charge in [-0.3, -0.25) is 9.59 Å². The van der Waals surface area contributed by atoms with Crippen molar-refractivity contribution < 1.29 is 94.1 Å². The van der Waals surface area contributed by atoms with Crippen molar-refractivity contribution >= 4 is 164 Å². The number of likely N-dealkylation sites (N-methyl/N-ethyl adjacent to an activating group) is 1. The summed E-state index contributed by atoms with van der Waals surface area (Å²) in [5.74, 6) is 0.546. The zero-order valence-corrected chi connectivity index (χ0v) is 67.7. The highest BCUT2D eigenvalue weighted by atomic mass is 127. The third-order valence-corrected chi connectivity index (χ3v) is 31.8. The van der Waals surface area contributed by atoms with Crippen LogP contribution >= 0.6 is 136 Å². The Morgan fingerprint density at radius 2 is 1.06 bits per heavy atom. The lowest BCUT2D eigenvalue weighted by Crippen LogP contribution is -3.00. The molecule has 482 valence electrons. The number of allylic oxidation sites excluding steroid dienone is 8. The number of amides is 2. The second-order valence-electron chi connectivity index (χ2n) is 25.9. The molecule has 12 nitrogen and oxygen atoms in total. The van der Waals surface area contributed by atoms with Crippen LogP contribution in [0.5, 0.6) is 0 Å². The summed E-state index contributed by atoms with van der Waals surface area (Å²) in [5, 5.41) is 7.15. The number of nitrogens with one attached hydrogen (secondary N) is 2. The SMILES string of the molecule is CCCCC(C(=O)N1CC[N+]2(CC1)CC[N+]1(CCNCC1)CC2)C1(C)/C(=C/C=C/C=C/C=C/C2=[N+](C)c3cc(I)c(I)c(I)c3C2(C)CCCCCC(=O)N2CC[N+]3(CC2)CC[N+]2(CCNCC2)CC3)N(C)c2cc(I)c(I)c(I)c21.[Cl-].[Cl-].[Cl-].[Cl-].[Cl-]. The molecule has 2 amide bonds. The number of benzene rings is 2. The molecule has 0 saturated carbocycles. The Morgan fingerprint density at radius 1 is 0.593 bits per heavy atom. The van der Waals surface area contributed by atoms with Gasteiger partial charge in [0.2, 0.25) is 17.5 Å². The fourth-order valence-electron chi connectivity index (χ4n) is 15.9. The lowest BCUT2D eigenvalue weighted by molar-refractivity contribution is -1.03. The number of nitrogens with zero attached hydrogens (tertiary/aromatic N) is 8. The van der Waals surface area contributed by atoms with Crippen molar-refractivity contribution in [1.29, 1.82) is 0 Å². The first-order valence-corrected chi connectivity index (χ1v) is 37.1. The van der Waals surface area contributed by atoms with E-state index >= 15 is 4.79 Å². The van der Waals surface area contributed by atoms with Crippen molar-refractivity contribution in [2.75, 3.05) is 176 Å². The maximum Gasteiger partial charge on any atom is 0.227 e. The normalized spacial score (nSPS) is 25.3. The molecule has 86 heavy (non-hydrogen) atoms. The quantitative estimate of drug-likeness (QED) is 0.0469. The van der Waals surface area contributed by atoms with Crippen molar-refractivity contribution in [2.24, 2.45) is 5.92 Å². The van der Waals surface area contributed by atoms with Gasteiger partial charge in [-0.25, -0.2) is 0 Å². The van der Waals surface area contributed by atoms with Gasteiger partial charge in [0.05, 0.1) is 95.4 Å². The molecule has 2 N–H and O–H groups in total. The summed E-state index contributed by atoms with van der Waals surface area (Å²) in [5.41, 5.74) is 7.15. The molecule has 3 unspecified atom stereocenters. The van der Waals surface area contributed by atoms with E-state index in [-0.39, 0.29) is 73.4 Å². The Labute approximate surface area is 628 Å². The molecule has 10 rings (SSSR count). The van der Waals surface area contributed by atoms with E-state index in [1.54, 1.807) is 0 Å². The van der Waals surface area contributed by atoms with E-state index in [0.717, 1.165) is 123 Å². The van der Waals surface area contributed by atoms with Crippen molar-refractivity contribution in [1.82, 2.24) is 20.4 Å². The Balaban J connectivity index is 0.00000270. The number of hydrogen-bond donors (Lipinski definition) is 2. The highest BCUT2D eigenvalue weighted by molar-refractivity contribution is 14.1. The number of carbonyl (C=O) groups is 2. The van der Waals surface area contributed by atoms with Crippen LogP contribution in [0.25, 0.3) is 0 Å². The van der Waals surface area contributed by atoms with Gasteiger partial charge in [0, 0.05) is 95.6 Å². The van der Waals surface area contributed by atoms with Crippen LogP contribution in [0.1, 0.15) is 83.3 Å². The number of unbranched alkanes of at least 4 members (excludes halogenated alkanes) is 3. The number of anilines is 1. The average Bonchev–Trinajstić information content (AvgIpc) is 1.57. The van der Waals surface area contributed by atoms with Gasteiger partial charge in [-0.15, -0.1) is 0 Å². The van der Waals surface area contributed by atoms with Crippen LogP contribution in [0.4, 0.5) is 11.4 Å². The Bertz CT molecular complexity index is 2840. The molecule has 0 radical (unpaired) electrons. The summed E-state index contributed by atoms with van der Waals surface area (Å²) in [6.07, 6.45) is 23.3. The molecule has 0 bridgehead atoms. The van der Waals surface area contributed by atoms with E-state index in [0.29, 0.717) is 18.2 Å². The Morgan fingerprint density at radius 3 is 1.58 bits per heavy atom. The van der Waals surface area contributed by atoms with E-state index < -0.39 is 5.41 Å². The Hall–Kier alpha value is 1.40. The summed E-state index contributed by atoms with van der Waals surface area (Å²) in [6, 6.07) is 4.73. The van der Waals surface area contributed by atoms with Gasteiger partial charge < -0.3 is 105 Å². The summed E-state index contributed by atoms with van der Waals surface area (Å²) in [7, 11) is 4.46. The molecule has 2 aromatic carbocycles. The van der Waals surface area contributed by atoms with Crippen LogP contribution in [-0.4, -0.2) is 221 Å². The van der Waals surface area contributed by atoms with Crippen LogP contribution in [0.15, 0.2) is 60.4 Å². The fourth-order valence-corrected chi connectivity index (χ4v) is 21.2. The van der Waals surface area contributed by atoms with Crippen LogP contribution < -0.4 is 77.6 Å². The second kappa shape index (κ2) is 33.4. The molecule has 8 aliphatic rings. The minimum Gasteiger partial charge on any atom is -1.00 e. The second-order valence-corrected chi connectivity index (χ2v) is 32.5. The first-order chi connectivity index (χ1) is 38.8. The number of carbonyl (C=O) groups excluding carboxylic acids is 2. The number of hydrogen-bond acceptors (Lipinski definition) is 5. The molecule has 0 aromatic heterocycles. The first kappa shape index (κ1) is 78.1. The maximum atomic E-state index is 15.4. The predicted molar refractivity (Wildman–Crippen MR) is 383 cm³/mol. The number of fused-ring (bicyclic) bond motifs is 2. The van der Waals surface area contributed by atoms with Gasteiger partial charge in [-0.05, 0) is 181 Å². The van der Waals surface area contributed by atoms with Gasteiger partial charge in [-0.1, -0.05) is 63.0 Å². The van der Waals surface area contributed by atoms with Crippen LogP contribution in [0.2, 0.25) is 0 Å². The van der Waals surface area contributed by atoms with Gasteiger partial charge in [0.1, 0.15) is 59.4 Å². The highest BCUT2D eigenvalue weighted by Crippen LogP contribution is 2.56. The van der Waals surface area contributed by atoms with E-state index in [9.17, 15) is 4.79 Å². The topological polar surface area (TPSA) is 70.9 Å². The van der Waals surface area contributed by atoms with Crippen LogP contribution in [-0.2, 0) is 20.4 Å². The lowest BCUT2D eigenvalue weighted by atomic mass is 9.68. The average molecular weight is 1960 g/mol. The van der Waals surface area contributed by atoms with Crippen molar-refractivity contribution in [3.05, 3.63) is 92.9 Å². The molecular formula is C63H91Cl5I6N10O2. The third kappa shape index (κ3) is 16.1. The molecule has 4 spiro atoms. The molecule has 0 aliphatic carbocycles. The Kier molecular flexibility index (Phi) is 30.3. The van der Waals surface area contributed by atoms with Crippen LogP contribution in [0.3, 0.4) is 0 Å². The number of rotatable bonds is 15. The van der Waals surface area contributed by atoms with Gasteiger partial charge in [-0.2, -0.15) is 4.58 Å². The lowest BCUT2D eigenvalue weighted by Gasteiger charge is -2.53. The molecule has 2 aromatic rings. The zero-order valence-electron chi connectivity index (χ0n) is 51.0. The summed E-state index contributed by atoms with van der Waals surface area (Å²) in [6.45, 7) is 35.1. The first-order valence-electron chi connectivity index (χ1n) is 30.6. The molecule has 6 fully saturated rings. The van der Waals surface area contributed by atoms with E-state index in [1.807, 2.05) is 0 Å². The van der Waals surface area contributed by atoms with E-state index in [1.165, 1.54) is 152 Å². The number of quaternary nitrogens is 4. The van der Waals surface area contributed by atoms with Gasteiger partial charge in [0.25, 0.3) is 0 Å². The maximum absolute atomic E-state index is 15.4. The predicted octanol–water partition coefficient (Wildman–Crippen LogP) is -4.78. The van der Waals surface area contributed by atoms with Gasteiger partial charge >= 0.3 is 0 Å². The molecule has 23 heteroatoms. The smallest absolute Gasteiger partial charge is 0.227 e. The fraction of sp³-hybridized carbons (Fsp3) is 0.635. The monoisotopic (exact) mass is 1960 g/mol. The van der Waals surface area contributed by atoms with Gasteiger partial charge in [0.15, 0.2) is 5.71 Å². The molecule has 8 heterocycles. The van der Waals surface area contributed by atoms with Crippen molar-refractivity contribution in [3.63, 3.8) is 0 Å². The summed E-state index contributed by atoms with van der Waals surface area (Å²) < 4.78 is 15.2. The summed E-state index contributed by atoms with van der Waals surface area (Å²) in [4.78, 5) is 35.9. The molecule has 3 atom stereocenters. The number of piperazine rings is 6. The molecular weight excluding hydrogens is 1870 g/mol. The van der Waals surface area contributed by atoms with E-state index in [2.05, 4.69) is 255 Å².